The Morgan fingerprint density at radius 3 is 1.78 bits per heavy atom. The van der Waals surface area contributed by atoms with E-state index in [-0.39, 0.29) is 0 Å². The molecule has 2 atom stereocenters. The van der Waals surface area contributed by atoms with E-state index in [4.69, 9.17) is 0 Å². The number of hydrogen-bond donors (Lipinski definition) is 1. The van der Waals surface area contributed by atoms with Gasteiger partial charge in [-0.1, -0.05) is 0 Å². The van der Waals surface area contributed by atoms with E-state index in [1.807, 2.05) is 0 Å². The molecule has 1 aliphatic heterocycles. The Kier molecular flexibility index (Phi) is 1.46. The third-order valence-corrected chi connectivity index (χ3v) is 2.96. The molecule has 2 fully saturated rings. The standard InChI is InChI=1S/C8H15N/c1-2-8-4-6-9-5-3-7(1)8/h7-9H,1-6H2/t7-,8?/m1/s1. The molecule has 52 valence electrons. The maximum absolute atomic E-state index is 3.45. The summed E-state index contributed by atoms with van der Waals surface area (Å²) in [6, 6.07) is 0. The lowest BCUT2D eigenvalue weighted by molar-refractivity contribution is 0.171. The third kappa shape index (κ3) is 0.983. The first-order valence-electron chi connectivity index (χ1n) is 4.17. The van der Waals surface area contributed by atoms with Crippen LogP contribution >= 0.6 is 0 Å². The fourth-order valence-electron chi connectivity index (χ4n) is 2.10. The van der Waals surface area contributed by atoms with Crippen LogP contribution in [0.1, 0.15) is 25.7 Å². The second kappa shape index (κ2) is 2.30. The Hall–Kier alpha value is -0.0400. The maximum Gasteiger partial charge on any atom is -0.00462 e. The van der Waals surface area contributed by atoms with Crippen LogP contribution in [0.4, 0.5) is 0 Å². The Morgan fingerprint density at radius 2 is 1.33 bits per heavy atom. The van der Waals surface area contributed by atoms with Crippen LogP contribution in [0, 0.1) is 11.8 Å². The van der Waals surface area contributed by atoms with Gasteiger partial charge in [0.15, 0.2) is 0 Å². The van der Waals surface area contributed by atoms with Gasteiger partial charge < -0.3 is 5.32 Å². The van der Waals surface area contributed by atoms with Crippen molar-refractivity contribution in [2.45, 2.75) is 25.7 Å². The maximum atomic E-state index is 3.45. The molecule has 9 heavy (non-hydrogen) atoms. The van der Waals surface area contributed by atoms with Gasteiger partial charge >= 0.3 is 0 Å². The summed E-state index contributed by atoms with van der Waals surface area (Å²) in [5.41, 5.74) is 0. The summed E-state index contributed by atoms with van der Waals surface area (Å²) in [4.78, 5) is 0. The third-order valence-electron chi connectivity index (χ3n) is 2.96. The molecule has 0 amide bonds. The van der Waals surface area contributed by atoms with E-state index in [0.29, 0.717) is 0 Å². The van der Waals surface area contributed by atoms with Crippen molar-refractivity contribution in [2.24, 2.45) is 11.8 Å². The van der Waals surface area contributed by atoms with E-state index >= 15 is 0 Å². The van der Waals surface area contributed by atoms with Crippen LogP contribution in [0.3, 0.4) is 0 Å². The molecule has 1 nitrogen and oxygen atoms in total. The fourth-order valence-corrected chi connectivity index (χ4v) is 2.10. The predicted molar refractivity (Wildman–Crippen MR) is 38.3 cm³/mol. The molecule has 1 saturated heterocycles. The van der Waals surface area contributed by atoms with Crippen molar-refractivity contribution in [3.8, 4) is 0 Å². The number of fused-ring (bicyclic) bond motifs is 1. The van der Waals surface area contributed by atoms with Gasteiger partial charge in [-0.05, 0) is 50.6 Å². The van der Waals surface area contributed by atoms with Gasteiger partial charge in [0.2, 0.25) is 0 Å². The van der Waals surface area contributed by atoms with E-state index in [1.54, 1.807) is 0 Å². The summed E-state index contributed by atoms with van der Waals surface area (Å²) in [5, 5.41) is 3.45. The molecule has 0 bridgehead atoms. The Labute approximate surface area is 56.8 Å². The average Bonchev–Trinajstić information content (AvgIpc) is 1.94. The highest BCUT2D eigenvalue weighted by Gasteiger charge is 2.30. The number of rotatable bonds is 0. The largest absolute Gasteiger partial charge is 0.317 e. The first kappa shape index (κ1) is 5.72. The molecule has 2 aliphatic rings. The van der Waals surface area contributed by atoms with Gasteiger partial charge in [-0.2, -0.15) is 0 Å². The summed E-state index contributed by atoms with van der Waals surface area (Å²) < 4.78 is 0. The molecule has 1 N–H and O–H groups in total. The first-order valence-corrected chi connectivity index (χ1v) is 4.17. The summed E-state index contributed by atoms with van der Waals surface area (Å²) in [5.74, 6) is 2.22. The van der Waals surface area contributed by atoms with Gasteiger partial charge in [0.1, 0.15) is 0 Å². The van der Waals surface area contributed by atoms with E-state index in [0.717, 1.165) is 11.8 Å². The molecule has 0 radical (unpaired) electrons. The molecule has 2 rings (SSSR count). The lowest BCUT2D eigenvalue weighted by Gasteiger charge is -2.34. The van der Waals surface area contributed by atoms with Crippen molar-refractivity contribution in [1.29, 1.82) is 0 Å². The minimum atomic E-state index is 1.11. The van der Waals surface area contributed by atoms with Gasteiger partial charge in [0.05, 0.1) is 0 Å². The van der Waals surface area contributed by atoms with Crippen molar-refractivity contribution in [3.05, 3.63) is 0 Å². The van der Waals surface area contributed by atoms with E-state index in [9.17, 15) is 0 Å². The van der Waals surface area contributed by atoms with Crippen molar-refractivity contribution in [1.82, 2.24) is 5.32 Å². The zero-order valence-electron chi connectivity index (χ0n) is 5.90. The van der Waals surface area contributed by atoms with Crippen molar-refractivity contribution in [3.63, 3.8) is 0 Å². The highest BCUT2D eigenvalue weighted by Crippen LogP contribution is 2.39. The van der Waals surface area contributed by atoms with E-state index in [1.165, 1.54) is 38.8 Å². The smallest absolute Gasteiger partial charge is 0.00462 e. The zero-order valence-corrected chi connectivity index (χ0v) is 5.90. The van der Waals surface area contributed by atoms with Crippen LogP contribution in [0.2, 0.25) is 0 Å². The highest BCUT2D eigenvalue weighted by molar-refractivity contribution is 4.83. The van der Waals surface area contributed by atoms with Gasteiger partial charge in [-0.15, -0.1) is 0 Å². The van der Waals surface area contributed by atoms with Crippen LogP contribution in [-0.4, -0.2) is 13.1 Å². The number of hydrogen-bond acceptors (Lipinski definition) is 1. The Balaban J connectivity index is 1.90. The lowest BCUT2D eigenvalue weighted by Crippen LogP contribution is -2.24. The molecule has 1 heteroatoms. The molecular weight excluding hydrogens is 110 g/mol. The topological polar surface area (TPSA) is 12.0 Å². The van der Waals surface area contributed by atoms with Crippen molar-refractivity contribution < 1.29 is 0 Å². The quantitative estimate of drug-likeness (QED) is 0.516. The second-order valence-corrected chi connectivity index (χ2v) is 3.42. The Morgan fingerprint density at radius 1 is 0.778 bits per heavy atom. The average molecular weight is 125 g/mol. The predicted octanol–water partition coefficient (Wildman–Crippen LogP) is 1.40. The molecular formula is C8H15N. The first-order chi connectivity index (χ1) is 4.47. The van der Waals surface area contributed by atoms with Gasteiger partial charge in [-0.25, -0.2) is 0 Å². The van der Waals surface area contributed by atoms with Crippen LogP contribution in [0.5, 0.6) is 0 Å². The summed E-state index contributed by atoms with van der Waals surface area (Å²) >= 11 is 0. The summed E-state index contributed by atoms with van der Waals surface area (Å²) in [6.45, 7) is 2.56. The number of nitrogens with one attached hydrogen (secondary N) is 1. The zero-order chi connectivity index (χ0) is 6.10. The normalized spacial score (nSPS) is 42.7. The monoisotopic (exact) mass is 125 g/mol. The van der Waals surface area contributed by atoms with Gasteiger partial charge in [-0.3, -0.25) is 0 Å². The molecule has 0 spiro atoms. The molecule has 1 aliphatic carbocycles. The summed E-state index contributed by atoms with van der Waals surface area (Å²) in [7, 11) is 0. The highest BCUT2D eigenvalue weighted by atomic mass is 14.9. The van der Waals surface area contributed by atoms with Gasteiger partial charge in [0.25, 0.3) is 0 Å². The fraction of sp³-hybridized carbons (Fsp3) is 1.00. The van der Waals surface area contributed by atoms with Crippen LogP contribution in [0.25, 0.3) is 0 Å². The van der Waals surface area contributed by atoms with E-state index < -0.39 is 0 Å². The molecule has 0 aromatic heterocycles. The lowest BCUT2D eigenvalue weighted by atomic mass is 9.71. The molecule has 1 saturated carbocycles. The molecule has 1 heterocycles. The summed E-state index contributed by atoms with van der Waals surface area (Å²) in [6.07, 6.45) is 5.94. The molecule has 0 aromatic carbocycles. The SMILES string of the molecule is C1CC2CC[C@@H]2CCN1. The minimum absolute atomic E-state index is 1.11. The van der Waals surface area contributed by atoms with Crippen LogP contribution in [0.15, 0.2) is 0 Å². The molecule has 1 unspecified atom stereocenters. The minimum Gasteiger partial charge on any atom is -0.317 e. The van der Waals surface area contributed by atoms with Crippen LogP contribution in [-0.2, 0) is 0 Å². The van der Waals surface area contributed by atoms with Crippen molar-refractivity contribution >= 4 is 0 Å². The Bertz CT molecular complexity index is 88.7. The van der Waals surface area contributed by atoms with Crippen molar-refractivity contribution in [2.75, 3.05) is 13.1 Å². The van der Waals surface area contributed by atoms with E-state index in [2.05, 4.69) is 5.32 Å². The second-order valence-electron chi connectivity index (χ2n) is 3.42. The van der Waals surface area contributed by atoms with Crippen LogP contribution < -0.4 is 5.32 Å². The van der Waals surface area contributed by atoms with Gasteiger partial charge in [0, 0.05) is 0 Å². The molecule has 0 aromatic rings.